The SMILES string of the molecule is O=CN1CCCC[C@H]1c1ccccn1. The van der Waals surface area contributed by atoms with Crippen molar-refractivity contribution < 1.29 is 4.79 Å². The maximum Gasteiger partial charge on any atom is 0.210 e. The minimum Gasteiger partial charge on any atom is -0.337 e. The number of amides is 1. The summed E-state index contributed by atoms with van der Waals surface area (Å²) in [6, 6.07) is 6.06. The summed E-state index contributed by atoms with van der Waals surface area (Å²) in [4.78, 5) is 17.0. The van der Waals surface area contributed by atoms with Crippen molar-refractivity contribution in [1.82, 2.24) is 9.88 Å². The number of hydrogen-bond acceptors (Lipinski definition) is 2. The molecule has 0 spiro atoms. The Bertz CT molecular complexity index is 299. The van der Waals surface area contributed by atoms with Gasteiger partial charge >= 0.3 is 0 Å². The van der Waals surface area contributed by atoms with Crippen molar-refractivity contribution in [3.63, 3.8) is 0 Å². The molecule has 1 aromatic rings. The molecular formula is C11H14N2O. The maximum atomic E-state index is 10.8. The number of carbonyl (C=O) groups is 1. The van der Waals surface area contributed by atoms with Gasteiger partial charge < -0.3 is 4.90 Å². The van der Waals surface area contributed by atoms with Gasteiger partial charge in [-0.25, -0.2) is 0 Å². The molecule has 1 amide bonds. The quantitative estimate of drug-likeness (QED) is 0.666. The highest BCUT2D eigenvalue weighted by atomic mass is 16.1. The Hall–Kier alpha value is -1.38. The molecule has 1 aliphatic heterocycles. The molecule has 0 unspecified atom stereocenters. The zero-order valence-corrected chi connectivity index (χ0v) is 8.10. The molecule has 2 heterocycles. The van der Waals surface area contributed by atoms with Gasteiger partial charge in [-0.3, -0.25) is 9.78 Å². The lowest BCUT2D eigenvalue weighted by Gasteiger charge is -2.32. The molecule has 1 aromatic heterocycles. The van der Waals surface area contributed by atoms with Crippen LogP contribution in [-0.2, 0) is 4.79 Å². The van der Waals surface area contributed by atoms with E-state index in [0.717, 1.165) is 31.5 Å². The summed E-state index contributed by atoms with van der Waals surface area (Å²) in [6.07, 6.45) is 6.06. The van der Waals surface area contributed by atoms with Crippen molar-refractivity contribution in [3.05, 3.63) is 30.1 Å². The second-order valence-electron chi connectivity index (χ2n) is 3.61. The first kappa shape index (κ1) is 9.19. The number of carbonyl (C=O) groups excluding carboxylic acids is 1. The van der Waals surface area contributed by atoms with Crippen molar-refractivity contribution in [1.29, 1.82) is 0 Å². The van der Waals surface area contributed by atoms with Crippen LogP contribution in [0.15, 0.2) is 24.4 Å². The van der Waals surface area contributed by atoms with E-state index in [1.165, 1.54) is 6.42 Å². The molecule has 0 aromatic carbocycles. The van der Waals surface area contributed by atoms with E-state index in [-0.39, 0.29) is 6.04 Å². The fourth-order valence-corrected chi connectivity index (χ4v) is 1.97. The number of piperidine rings is 1. The van der Waals surface area contributed by atoms with Gasteiger partial charge in [-0.1, -0.05) is 6.07 Å². The van der Waals surface area contributed by atoms with Crippen molar-refractivity contribution >= 4 is 6.41 Å². The smallest absolute Gasteiger partial charge is 0.210 e. The molecule has 3 heteroatoms. The first-order valence-corrected chi connectivity index (χ1v) is 5.04. The van der Waals surface area contributed by atoms with E-state index in [4.69, 9.17) is 0 Å². The number of likely N-dealkylation sites (tertiary alicyclic amines) is 1. The van der Waals surface area contributed by atoms with Crippen LogP contribution in [0.2, 0.25) is 0 Å². The van der Waals surface area contributed by atoms with E-state index >= 15 is 0 Å². The Morgan fingerprint density at radius 1 is 1.43 bits per heavy atom. The van der Waals surface area contributed by atoms with Gasteiger partial charge in [0.25, 0.3) is 0 Å². The van der Waals surface area contributed by atoms with Gasteiger partial charge in [0.05, 0.1) is 11.7 Å². The average molecular weight is 190 g/mol. The second kappa shape index (κ2) is 4.22. The minimum atomic E-state index is 0.197. The molecule has 0 N–H and O–H groups in total. The summed E-state index contributed by atoms with van der Waals surface area (Å²) in [5.41, 5.74) is 1.01. The van der Waals surface area contributed by atoms with Crippen LogP contribution in [-0.4, -0.2) is 22.8 Å². The highest BCUT2D eigenvalue weighted by Crippen LogP contribution is 2.27. The van der Waals surface area contributed by atoms with Crippen LogP contribution in [0.25, 0.3) is 0 Å². The van der Waals surface area contributed by atoms with Crippen molar-refractivity contribution in [2.75, 3.05) is 6.54 Å². The number of nitrogens with zero attached hydrogens (tertiary/aromatic N) is 2. The van der Waals surface area contributed by atoms with Gasteiger partial charge in [0.2, 0.25) is 6.41 Å². The first-order valence-electron chi connectivity index (χ1n) is 5.04. The summed E-state index contributed by atoms with van der Waals surface area (Å²) in [6.45, 7) is 0.866. The van der Waals surface area contributed by atoms with Crippen LogP contribution in [0.5, 0.6) is 0 Å². The molecule has 0 aliphatic carbocycles. The van der Waals surface area contributed by atoms with Gasteiger partial charge in [0.15, 0.2) is 0 Å². The van der Waals surface area contributed by atoms with E-state index in [9.17, 15) is 4.79 Å². The van der Waals surface area contributed by atoms with Crippen LogP contribution < -0.4 is 0 Å². The molecule has 1 fully saturated rings. The molecule has 3 nitrogen and oxygen atoms in total. The predicted octanol–water partition coefficient (Wildman–Crippen LogP) is 1.76. The summed E-state index contributed by atoms with van der Waals surface area (Å²) >= 11 is 0. The standard InChI is InChI=1S/C11H14N2O/c14-9-13-8-4-2-6-11(13)10-5-1-3-7-12-10/h1,3,5,7,9,11H,2,4,6,8H2/t11-/m0/s1. The normalized spacial score (nSPS) is 22.0. The second-order valence-corrected chi connectivity index (χ2v) is 3.61. The Labute approximate surface area is 83.8 Å². The Morgan fingerprint density at radius 2 is 2.36 bits per heavy atom. The summed E-state index contributed by atoms with van der Waals surface area (Å²) < 4.78 is 0. The number of hydrogen-bond donors (Lipinski definition) is 0. The summed E-state index contributed by atoms with van der Waals surface area (Å²) in [5, 5.41) is 0. The van der Waals surface area contributed by atoms with E-state index in [1.807, 2.05) is 23.1 Å². The molecule has 1 aliphatic rings. The summed E-state index contributed by atoms with van der Waals surface area (Å²) in [5.74, 6) is 0. The molecule has 1 saturated heterocycles. The van der Waals surface area contributed by atoms with Gasteiger partial charge in [-0.05, 0) is 31.4 Å². The zero-order valence-electron chi connectivity index (χ0n) is 8.10. The predicted molar refractivity (Wildman–Crippen MR) is 53.6 cm³/mol. The average Bonchev–Trinajstić information content (AvgIpc) is 2.30. The highest BCUT2D eigenvalue weighted by Gasteiger charge is 2.22. The van der Waals surface area contributed by atoms with Gasteiger partial charge in [0, 0.05) is 12.7 Å². The largest absolute Gasteiger partial charge is 0.337 e. The number of rotatable bonds is 2. The lowest BCUT2D eigenvalue weighted by Crippen LogP contribution is -2.32. The fraction of sp³-hybridized carbons (Fsp3) is 0.455. The topological polar surface area (TPSA) is 33.2 Å². The minimum absolute atomic E-state index is 0.197. The van der Waals surface area contributed by atoms with Gasteiger partial charge in [-0.15, -0.1) is 0 Å². The molecule has 0 saturated carbocycles. The van der Waals surface area contributed by atoms with Crippen LogP contribution in [0.1, 0.15) is 31.0 Å². The van der Waals surface area contributed by atoms with Crippen molar-refractivity contribution in [3.8, 4) is 0 Å². The molecular weight excluding hydrogens is 176 g/mol. The lowest BCUT2D eigenvalue weighted by atomic mass is 10.00. The Kier molecular flexibility index (Phi) is 2.77. The third-order valence-corrected chi connectivity index (χ3v) is 2.71. The van der Waals surface area contributed by atoms with Crippen LogP contribution in [0.4, 0.5) is 0 Å². The van der Waals surface area contributed by atoms with Crippen LogP contribution in [0, 0.1) is 0 Å². The molecule has 74 valence electrons. The highest BCUT2D eigenvalue weighted by molar-refractivity contribution is 5.48. The van der Waals surface area contributed by atoms with E-state index in [0.29, 0.717) is 0 Å². The third kappa shape index (κ3) is 1.76. The van der Waals surface area contributed by atoms with E-state index in [2.05, 4.69) is 4.98 Å². The van der Waals surface area contributed by atoms with Crippen LogP contribution >= 0.6 is 0 Å². The first-order chi connectivity index (χ1) is 6.92. The molecule has 1 atom stereocenters. The monoisotopic (exact) mass is 190 g/mol. The van der Waals surface area contributed by atoms with Gasteiger partial charge in [0.1, 0.15) is 0 Å². The van der Waals surface area contributed by atoms with Crippen molar-refractivity contribution in [2.45, 2.75) is 25.3 Å². The zero-order chi connectivity index (χ0) is 9.80. The van der Waals surface area contributed by atoms with Gasteiger partial charge in [-0.2, -0.15) is 0 Å². The lowest BCUT2D eigenvalue weighted by molar-refractivity contribution is -0.121. The number of pyridine rings is 1. The maximum absolute atomic E-state index is 10.8. The van der Waals surface area contributed by atoms with E-state index in [1.54, 1.807) is 6.20 Å². The van der Waals surface area contributed by atoms with Crippen LogP contribution in [0.3, 0.4) is 0 Å². The van der Waals surface area contributed by atoms with E-state index < -0.39 is 0 Å². The van der Waals surface area contributed by atoms with Crippen molar-refractivity contribution in [2.24, 2.45) is 0 Å². The molecule has 14 heavy (non-hydrogen) atoms. The third-order valence-electron chi connectivity index (χ3n) is 2.71. The summed E-state index contributed by atoms with van der Waals surface area (Å²) in [7, 11) is 0. The Morgan fingerprint density at radius 3 is 3.07 bits per heavy atom. The molecule has 0 bridgehead atoms. The number of aromatic nitrogens is 1. The fourth-order valence-electron chi connectivity index (χ4n) is 1.97. The molecule has 0 radical (unpaired) electrons. The molecule has 2 rings (SSSR count). The Balaban J connectivity index is 2.19.